The van der Waals surface area contributed by atoms with Crippen LogP contribution in [0.2, 0.25) is 0 Å². The summed E-state index contributed by atoms with van der Waals surface area (Å²) in [5.41, 5.74) is -0.466. The van der Waals surface area contributed by atoms with Gasteiger partial charge in [-0.3, -0.25) is 14.4 Å². The lowest BCUT2D eigenvalue weighted by atomic mass is 9.66. The number of aliphatic carboxylic acids is 1. The van der Waals surface area contributed by atoms with E-state index in [1.54, 1.807) is 4.90 Å². The molecule has 1 aromatic rings. The lowest BCUT2D eigenvalue weighted by Gasteiger charge is -2.40. The molecule has 5 nitrogen and oxygen atoms in total. The van der Waals surface area contributed by atoms with Gasteiger partial charge in [0.25, 0.3) is 0 Å². The third kappa shape index (κ3) is 3.57. The summed E-state index contributed by atoms with van der Waals surface area (Å²) in [6.45, 7) is 0.868. The molecule has 1 amide bonds. The van der Waals surface area contributed by atoms with Crippen molar-refractivity contribution in [1.82, 2.24) is 4.90 Å². The van der Waals surface area contributed by atoms with Crippen molar-refractivity contribution in [3.8, 4) is 0 Å². The Morgan fingerprint density at radius 2 is 1.84 bits per heavy atom. The van der Waals surface area contributed by atoms with Crippen LogP contribution < -0.4 is 0 Å². The van der Waals surface area contributed by atoms with E-state index in [9.17, 15) is 23.9 Å². The zero-order valence-electron chi connectivity index (χ0n) is 14.0. The van der Waals surface area contributed by atoms with Crippen molar-refractivity contribution >= 4 is 17.7 Å². The van der Waals surface area contributed by atoms with Crippen LogP contribution in [0.25, 0.3) is 0 Å². The van der Waals surface area contributed by atoms with Crippen LogP contribution >= 0.6 is 0 Å². The van der Waals surface area contributed by atoms with Crippen molar-refractivity contribution in [2.45, 2.75) is 38.5 Å². The van der Waals surface area contributed by atoms with Gasteiger partial charge < -0.3 is 10.0 Å². The fourth-order valence-electron chi connectivity index (χ4n) is 3.74. The number of ketones is 1. The van der Waals surface area contributed by atoms with Crippen LogP contribution in [0.1, 0.15) is 48.9 Å². The standard InChI is InChI=1S/C19H22FNO4/c20-15-6-4-13(5-7-15)17(23)14-3-1-10-21(12-14)16(22)11-19(18(24)25)8-2-9-19/h4-7,14H,1-3,8-12H2,(H,24,25). The number of benzene rings is 1. The van der Waals surface area contributed by atoms with Crippen LogP contribution in [-0.4, -0.2) is 40.8 Å². The topological polar surface area (TPSA) is 74.7 Å². The van der Waals surface area contributed by atoms with E-state index >= 15 is 0 Å². The summed E-state index contributed by atoms with van der Waals surface area (Å²) in [6.07, 6.45) is 3.33. The smallest absolute Gasteiger partial charge is 0.310 e. The average molecular weight is 347 g/mol. The molecule has 2 fully saturated rings. The van der Waals surface area contributed by atoms with E-state index < -0.39 is 17.2 Å². The molecule has 3 rings (SSSR count). The highest BCUT2D eigenvalue weighted by Gasteiger charge is 2.47. The molecule has 134 valence electrons. The number of likely N-dealkylation sites (tertiary alicyclic amines) is 1. The Bertz CT molecular complexity index is 681. The van der Waals surface area contributed by atoms with Gasteiger partial charge in [-0.25, -0.2) is 4.39 Å². The number of carboxylic acid groups (broad SMARTS) is 1. The largest absolute Gasteiger partial charge is 0.481 e. The minimum Gasteiger partial charge on any atom is -0.481 e. The van der Waals surface area contributed by atoms with E-state index in [-0.39, 0.29) is 24.0 Å². The van der Waals surface area contributed by atoms with Crippen LogP contribution in [0.3, 0.4) is 0 Å². The molecule has 2 aliphatic rings. The predicted molar refractivity (Wildman–Crippen MR) is 88.6 cm³/mol. The number of rotatable bonds is 5. The summed E-state index contributed by atoms with van der Waals surface area (Å²) < 4.78 is 13.0. The quantitative estimate of drug-likeness (QED) is 0.831. The van der Waals surface area contributed by atoms with E-state index in [1.807, 2.05) is 0 Å². The van der Waals surface area contributed by atoms with Gasteiger partial charge in [0.1, 0.15) is 5.82 Å². The molecule has 1 aliphatic carbocycles. The van der Waals surface area contributed by atoms with Crippen LogP contribution in [-0.2, 0) is 9.59 Å². The Hall–Kier alpha value is -2.24. The first-order valence-corrected chi connectivity index (χ1v) is 8.72. The van der Waals surface area contributed by atoms with Gasteiger partial charge in [-0.05, 0) is 49.9 Å². The van der Waals surface area contributed by atoms with E-state index in [0.29, 0.717) is 44.3 Å². The first-order chi connectivity index (χ1) is 11.9. The van der Waals surface area contributed by atoms with E-state index in [1.165, 1.54) is 24.3 Å². The number of hydrogen-bond donors (Lipinski definition) is 1. The highest BCUT2D eigenvalue weighted by Crippen LogP contribution is 2.44. The number of Topliss-reactive ketones (excluding diaryl/α,β-unsaturated/α-hetero) is 1. The molecule has 0 radical (unpaired) electrons. The Morgan fingerprint density at radius 1 is 1.16 bits per heavy atom. The fraction of sp³-hybridized carbons (Fsp3) is 0.526. The number of amides is 1. The molecular weight excluding hydrogens is 325 g/mol. The number of hydrogen-bond acceptors (Lipinski definition) is 3. The van der Waals surface area contributed by atoms with E-state index in [4.69, 9.17) is 0 Å². The molecule has 1 aliphatic heterocycles. The number of nitrogens with zero attached hydrogens (tertiary/aromatic N) is 1. The summed E-state index contributed by atoms with van der Waals surface area (Å²) in [4.78, 5) is 38.2. The minimum absolute atomic E-state index is 0.0137. The van der Waals surface area contributed by atoms with Crippen LogP contribution in [0, 0.1) is 17.2 Å². The Balaban J connectivity index is 1.64. The van der Waals surface area contributed by atoms with Gasteiger partial charge in [-0.2, -0.15) is 0 Å². The highest BCUT2D eigenvalue weighted by atomic mass is 19.1. The maximum atomic E-state index is 13.0. The molecule has 1 saturated heterocycles. The third-order valence-electron chi connectivity index (χ3n) is 5.53. The van der Waals surface area contributed by atoms with Gasteiger partial charge in [-0.15, -0.1) is 0 Å². The third-order valence-corrected chi connectivity index (χ3v) is 5.53. The number of carbonyl (C=O) groups excluding carboxylic acids is 2. The SMILES string of the molecule is O=C(c1ccc(F)cc1)C1CCCN(C(=O)CC2(C(=O)O)CCC2)C1. The van der Waals surface area contributed by atoms with Crippen molar-refractivity contribution in [1.29, 1.82) is 0 Å². The van der Waals surface area contributed by atoms with Crippen molar-refractivity contribution in [2.24, 2.45) is 11.3 Å². The molecule has 0 aromatic heterocycles. The van der Waals surface area contributed by atoms with Crippen molar-refractivity contribution < 1.29 is 23.9 Å². The second-order valence-corrected chi connectivity index (χ2v) is 7.17. The predicted octanol–water partition coefficient (Wildman–Crippen LogP) is 2.89. The summed E-state index contributed by atoms with van der Waals surface area (Å²) in [7, 11) is 0. The molecule has 1 heterocycles. The molecule has 1 atom stereocenters. The molecule has 6 heteroatoms. The van der Waals surface area contributed by atoms with Gasteiger partial charge in [0.2, 0.25) is 5.91 Å². The van der Waals surface area contributed by atoms with Crippen LogP contribution in [0.15, 0.2) is 24.3 Å². The first-order valence-electron chi connectivity index (χ1n) is 8.72. The second-order valence-electron chi connectivity index (χ2n) is 7.17. The molecule has 1 saturated carbocycles. The monoisotopic (exact) mass is 347 g/mol. The normalized spacial score (nSPS) is 22.1. The lowest BCUT2D eigenvalue weighted by Crippen LogP contribution is -2.47. The molecule has 1 aromatic carbocycles. The summed E-state index contributed by atoms with van der Waals surface area (Å²) in [6, 6.07) is 5.44. The molecule has 1 N–H and O–H groups in total. The summed E-state index contributed by atoms with van der Waals surface area (Å²) in [5.74, 6) is -1.88. The van der Waals surface area contributed by atoms with Crippen LogP contribution in [0.4, 0.5) is 4.39 Å². The Labute approximate surface area is 145 Å². The second kappa shape index (κ2) is 6.94. The lowest BCUT2D eigenvalue weighted by molar-refractivity contribution is -0.159. The molecule has 0 bridgehead atoms. The van der Waals surface area contributed by atoms with Gasteiger partial charge >= 0.3 is 5.97 Å². The number of carboxylic acids is 1. The number of halogens is 1. The van der Waals surface area contributed by atoms with Gasteiger partial charge in [-0.1, -0.05) is 6.42 Å². The Kier molecular flexibility index (Phi) is 4.88. The fourth-order valence-corrected chi connectivity index (χ4v) is 3.74. The molecule has 25 heavy (non-hydrogen) atoms. The van der Waals surface area contributed by atoms with Crippen molar-refractivity contribution in [2.75, 3.05) is 13.1 Å². The van der Waals surface area contributed by atoms with Gasteiger partial charge in [0.15, 0.2) is 5.78 Å². The zero-order valence-corrected chi connectivity index (χ0v) is 14.0. The number of carbonyl (C=O) groups is 3. The summed E-state index contributed by atoms with van der Waals surface area (Å²) in [5, 5.41) is 9.39. The maximum absolute atomic E-state index is 13.0. The van der Waals surface area contributed by atoms with E-state index in [0.717, 1.165) is 6.42 Å². The molecular formula is C19H22FNO4. The average Bonchev–Trinajstić information content (AvgIpc) is 2.57. The highest BCUT2D eigenvalue weighted by molar-refractivity contribution is 5.98. The van der Waals surface area contributed by atoms with Crippen LogP contribution in [0.5, 0.6) is 0 Å². The van der Waals surface area contributed by atoms with Crippen molar-refractivity contribution in [3.63, 3.8) is 0 Å². The Morgan fingerprint density at radius 3 is 2.40 bits per heavy atom. The summed E-state index contributed by atoms with van der Waals surface area (Å²) >= 11 is 0. The zero-order chi connectivity index (χ0) is 18.0. The van der Waals surface area contributed by atoms with Gasteiger partial charge in [0.05, 0.1) is 5.41 Å². The number of piperidine rings is 1. The van der Waals surface area contributed by atoms with E-state index in [2.05, 4.69) is 0 Å². The first kappa shape index (κ1) is 17.6. The maximum Gasteiger partial charge on any atom is 0.310 e. The molecule has 1 unspecified atom stereocenters. The molecule has 0 spiro atoms. The van der Waals surface area contributed by atoms with Gasteiger partial charge in [0, 0.05) is 31.0 Å². The minimum atomic E-state index is -0.912. The van der Waals surface area contributed by atoms with Crippen molar-refractivity contribution in [3.05, 3.63) is 35.6 Å².